The van der Waals surface area contributed by atoms with Gasteiger partial charge in [-0.15, -0.1) is 0 Å². The Labute approximate surface area is 143 Å². The molecule has 0 spiro atoms. The molecule has 8 nitrogen and oxygen atoms in total. The quantitative estimate of drug-likeness (QED) is 0.302. The van der Waals surface area contributed by atoms with E-state index in [1.54, 1.807) is 7.11 Å². The number of esters is 1. The van der Waals surface area contributed by atoms with Crippen LogP contribution in [0.4, 0.5) is 0 Å². The molecular formula is C14H14CrO8. The van der Waals surface area contributed by atoms with Gasteiger partial charge in [0, 0.05) is 0 Å². The van der Waals surface area contributed by atoms with Crippen molar-refractivity contribution >= 4 is 10.5 Å². The summed E-state index contributed by atoms with van der Waals surface area (Å²) in [4.78, 5) is 10.3. The van der Waals surface area contributed by atoms with E-state index >= 15 is 0 Å². The first-order chi connectivity index (χ1) is 11.2. The van der Waals surface area contributed by atoms with Crippen LogP contribution >= 0.6 is 0 Å². The molecule has 9 heteroatoms. The summed E-state index contributed by atoms with van der Waals surface area (Å²) in [6.07, 6.45) is 5.52. The van der Waals surface area contributed by atoms with E-state index in [0.717, 1.165) is 17.4 Å². The molecule has 0 aromatic rings. The average molecular weight is 362 g/mol. The second-order valence-electron chi connectivity index (χ2n) is 2.39. The van der Waals surface area contributed by atoms with Crippen molar-refractivity contribution in [2.24, 2.45) is 0 Å². The van der Waals surface area contributed by atoms with Crippen LogP contribution in [-0.4, -0.2) is 24.3 Å². The molecule has 0 unspecified atom stereocenters. The fourth-order valence-electron chi connectivity index (χ4n) is 0.655. The molecular weight excluding hydrogens is 348 g/mol. The second-order valence-corrected chi connectivity index (χ2v) is 3.10. The molecule has 0 bridgehead atoms. The van der Waals surface area contributed by atoms with Gasteiger partial charge in [0.1, 0.15) is 0 Å². The molecule has 0 aliphatic rings. The Hall–Kier alpha value is -1.73. The number of carbonyl (C=O) groups excluding carboxylic acids is 1. The van der Waals surface area contributed by atoms with E-state index in [1.807, 2.05) is 12.2 Å². The molecule has 0 aromatic carbocycles. The molecule has 0 aromatic heterocycles. The van der Waals surface area contributed by atoms with Crippen molar-refractivity contribution in [3.8, 4) is 0 Å². The maximum atomic E-state index is 10.3. The third-order valence-electron chi connectivity index (χ3n) is 1.29. The zero-order valence-corrected chi connectivity index (χ0v) is 13.7. The van der Waals surface area contributed by atoms with Crippen LogP contribution in [0.5, 0.6) is 0 Å². The van der Waals surface area contributed by atoms with Gasteiger partial charge in [-0.3, -0.25) is 0 Å². The van der Waals surface area contributed by atoms with Crippen molar-refractivity contribution in [3.63, 3.8) is 0 Å². The van der Waals surface area contributed by atoms with Crippen molar-refractivity contribution in [2.75, 3.05) is 13.7 Å². The summed E-state index contributed by atoms with van der Waals surface area (Å²) in [5, 5.41) is 0. The average Bonchev–Trinajstić information content (AvgIpc) is 2.66. The Bertz CT molecular complexity index is 342. The summed E-state index contributed by atoms with van der Waals surface area (Å²) < 4.78 is 48.0. The summed E-state index contributed by atoms with van der Waals surface area (Å²) in [5.41, 5.74) is 0. The molecule has 23 heavy (non-hydrogen) atoms. The Morgan fingerprint density at radius 2 is 1.35 bits per heavy atom. The summed E-state index contributed by atoms with van der Waals surface area (Å²) in [6.45, 7) is 24.2. The number of hydrogen-bond donors (Lipinski definition) is 0. The van der Waals surface area contributed by atoms with E-state index in [2.05, 4.69) is 49.1 Å². The van der Waals surface area contributed by atoms with Gasteiger partial charge in [0.15, 0.2) is 0 Å². The van der Waals surface area contributed by atoms with Crippen molar-refractivity contribution in [1.82, 2.24) is 0 Å². The monoisotopic (exact) mass is 362 g/mol. The predicted octanol–water partition coefficient (Wildman–Crippen LogP) is 1.02. The number of allylic oxidation sites excluding steroid dienone is 1. The van der Waals surface area contributed by atoms with Gasteiger partial charge in [0.2, 0.25) is 0 Å². The second kappa shape index (κ2) is 59.3. The molecule has 0 aliphatic heterocycles. The van der Waals surface area contributed by atoms with Gasteiger partial charge in [-0.05, 0) is 0 Å². The number of methoxy groups -OCH3 is 1. The minimum atomic E-state index is -0.252. The minimum absolute atomic E-state index is 0.252. The number of rotatable bonds is 6. The Morgan fingerprint density at radius 3 is 1.65 bits per heavy atom. The molecule has 0 fully saturated rings. The standard InChI is InChI=1S/C9H14O3.5CO.Cr/c1-9(10)12-8-6-4-3-5-7-11-2;5*1-2;/h4,6H,3,5,8H2,1-2H3;;;;;;/b6-4+;;;;;;. The molecule has 124 valence electrons. The Morgan fingerprint density at radius 1 is 0.957 bits per heavy atom. The zero-order valence-electron chi connectivity index (χ0n) is 12.5. The van der Waals surface area contributed by atoms with E-state index in [1.165, 1.54) is 6.92 Å². The molecule has 0 heterocycles. The topological polar surface area (TPSA) is 135 Å². The van der Waals surface area contributed by atoms with E-state index in [0.29, 0.717) is 6.61 Å². The molecule has 0 saturated heterocycles. The van der Waals surface area contributed by atoms with E-state index in [9.17, 15) is 4.79 Å². The number of ether oxygens (including phenoxy) is 2. The molecule has 0 aliphatic carbocycles. The van der Waals surface area contributed by atoms with Crippen molar-refractivity contribution in [1.29, 1.82) is 0 Å². The summed E-state index contributed by atoms with van der Waals surface area (Å²) in [7, 11) is 1.63. The Kier molecular flexibility index (Phi) is 96.6. The van der Waals surface area contributed by atoms with E-state index < -0.39 is 0 Å². The number of hydrogen-bond acceptors (Lipinski definition) is 3. The molecule has 0 amide bonds. The van der Waals surface area contributed by atoms with Crippen LogP contribution in [0.2, 0.25) is 0 Å². The van der Waals surface area contributed by atoms with Gasteiger partial charge in [0.25, 0.3) is 0 Å². The fourth-order valence-corrected chi connectivity index (χ4v) is 0.839. The maximum absolute atomic E-state index is 10.3. The molecule has 0 saturated carbocycles. The molecule has 0 radical (unpaired) electrons. The van der Waals surface area contributed by atoms with Crippen LogP contribution in [0.25, 0.3) is 0 Å². The molecule has 0 rings (SSSR count). The van der Waals surface area contributed by atoms with Crippen LogP contribution in [0.15, 0.2) is 12.2 Å². The van der Waals surface area contributed by atoms with Crippen molar-refractivity contribution in [3.05, 3.63) is 45.4 Å². The van der Waals surface area contributed by atoms with Crippen LogP contribution in [0.3, 0.4) is 0 Å². The van der Waals surface area contributed by atoms with E-state index in [-0.39, 0.29) is 5.97 Å². The number of carbonyl (C=O) groups is 1. The van der Waals surface area contributed by atoms with Crippen LogP contribution in [0, 0.1) is 33.3 Å². The third-order valence-corrected chi connectivity index (χ3v) is 1.87. The van der Waals surface area contributed by atoms with Crippen LogP contribution < -0.4 is 0 Å². The van der Waals surface area contributed by atoms with Gasteiger partial charge in [-0.25, -0.2) is 0 Å². The van der Waals surface area contributed by atoms with Crippen LogP contribution in [0.1, 0.15) is 19.8 Å². The summed E-state index contributed by atoms with van der Waals surface area (Å²) in [6, 6.07) is 0. The first kappa shape index (κ1) is 37.5. The Balaban J connectivity index is -0.0000000611. The first-order valence-electron chi connectivity index (χ1n) is 5.04. The van der Waals surface area contributed by atoms with E-state index in [4.69, 9.17) is 32.7 Å². The molecule has 0 atom stereocenters. The SMILES string of the molecule is CO[C](=[Cr])CC/C=C/COC(C)=O.[C-]#[O+].[C-]#[O+].[C-]#[O+].[C-]#[O+].[C-]#[O+]. The third kappa shape index (κ3) is 78.7. The van der Waals surface area contributed by atoms with Gasteiger partial charge in [-0.1, -0.05) is 0 Å². The van der Waals surface area contributed by atoms with Crippen molar-refractivity contribution < 1.29 is 53.4 Å². The fraction of sp³-hybridized carbons (Fsp3) is 0.357. The summed E-state index contributed by atoms with van der Waals surface area (Å²) >= 11 is 2.81. The predicted molar refractivity (Wildman–Crippen MR) is 66.7 cm³/mol. The van der Waals surface area contributed by atoms with Gasteiger partial charge in [-0.2, -0.15) is 0 Å². The van der Waals surface area contributed by atoms with Gasteiger partial charge < -0.3 is 0 Å². The van der Waals surface area contributed by atoms with Crippen LogP contribution in [-0.2, 0) is 53.4 Å². The van der Waals surface area contributed by atoms with Crippen molar-refractivity contribution in [2.45, 2.75) is 19.8 Å². The molecule has 0 N–H and O–H groups in total. The first-order valence-corrected chi connectivity index (χ1v) is 5.67. The summed E-state index contributed by atoms with van der Waals surface area (Å²) in [5.74, 6) is -0.252. The zero-order chi connectivity index (χ0) is 20.1. The van der Waals surface area contributed by atoms with Gasteiger partial charge >= 0.3 is 143 Å². The normalized spacial score (nSPS) is 6.26. The van der Waals surface area contributed by atoms with Gasteiger partial charge in [0.05, 0.1) is 0 Å².